The van der Waals surface area contributed by atoms with E-state index in [0.717, 1.165) is 37.4 Å². The second kappa shape index (κ2) is 9.21. The predicted octanol–water partition coefficient (Wildman–Crippen LogP) is 2.21. The van der Waals surface area contributed by atoms with Crippen LogP contribution in [0.1, 0.15) is 22.8 Å². The first kappa shape index (κ1) is 19.7. The van der Waals surface area contributed by atoms with Gasteiger partial charge in [-0.1, -0.05) is 12.1 Å². The number of rotatable bonds is 5. The lowest BCUT2D eigenvalue weighted by Gasteiger charge is -2.36. The SMILES string of the molecule is CCNC(=O)c1ccc(CN=C(N)N2CCN(c3ccc(F)cc3)CC2)cc1. The number of benzene rings is 2. The van der Waals surface area contributed by atoms with Gasteiger partial charge >= 0.3 is 0 Å². The Morgan fingerprint density at radius 1 is 1.07 bits per heavy atom. The maximum Gasteiger partial charge on any atom is 0.251 e. The van der Waals surface area contributed by atoms with Crippen molar-refractivity contribution in [3.05, 3.63) is 65.5 Å². The molecule has 1 aliphatic rings. The summed E-state index contributed by atoms with van der Waals surface area (Å²) in [5.74, 6) is 0.223. The molecule has 1 amide bonds. The fourth-order valence-corrected chi connectivity index (χ4v) is 3.14. The molecule has 0 unspecified atom stereocenters. The average molecular weight is 383 g/mol. The summed E-state index contributed by atoms with van der Waals surface area (Å²) in [7, 11) is 0. The van der Waals surface area contributed by atoms with Gasteiger partial charge in [0.1, 0.15) is 5.82 Å². The highest BCUT2D eigenvalue weighted by molar-refractivity contribution is 5.94. The number of aliphatic imine (C=N–C) groups is 1. The zero-order valence-electron chi connectivity index (χ0n) is 16.1. The van der Waals surface area contributed by atoms with Crippen LogP contribution >= 0.6 is 0 Å². The third kappa shape index (κ3) is 5.00. The summed E-state index contributed by atoms with van der Waals surface area (Å²) in [5.41, 5.74) is 8.82. The topological polar surface area (TPSA) is 74.0 Å². The number of hydrogen-bond donors (Lipinski definition) is 2. The molecule has 1 saturated heterocycles. The largest absolute Gasteiger partial charge is 0.370 e. The highest BCUT2D eigenvalue weighted by Gasteiger charge is 2.18. The summed E-state index contributed by atoms with van der Waals surface area (Å²) in [6.07, 6.45) is 0. The second-order valence-electron chi connectivity index (χ2n) is 6.68. The van der Waals surface area contributed by atoms with Crippen molar-refractivity contribution in [1.29, 1.82) is 0 Å². The number of hydrogen-bond acceptors (Lipinski definition) is 3. The number of piperazine rings is 1. The lowest BCUT2D eigenvalue weighted by atomic mass is 10.1. The number of nitrogens with zero attached hydrogens (tertiary/aromatic N) is 3. The molecule has 2 aromatic rings. The zero-order chi connectivity index (χ0) is 19.9. The van der Waals surface area contributed by atoms with E-state index in [4.69, 9.17) is 5.73 Å². The van der Waals surface area contributed by atoms with Gasteiger partial charge in [-0.25, -0.2) is 9.38 Å². The van der Waals surface area contributed by atoms with Crippen LogP contribution in [0.25, 0.3) is 0 Å². The monoisotopic (exact) mass is 383 g/mol. The molecular formula is C21H26FN5O. The van der Waals surface area contributed by atoms with Gasteiger partial charge in [-0.15, -0.1) is 0 Å². The van der Waals surface area contributed by atoms with Crippen LogP contribution in [0, 0.1) is 5.82 Å². The number of anilines is 1. The Balaban J connectivity index is 1.52. The highest BCUT2D eigenvalue weighted by atomic mass is 19.1. The van der Waals surface area contributed by atoms with Gasteiger partial charge in [0, 0.05) is 44.0 Å². The van der Waals surface area contributed by atoms with Gasteiger partial charge in [0.05, 0.1) is 6.54 Å². The molecule has 6 nitrogen and oxygen atoms in total. The fourth-order valence-electron chi connectivity index (χ4n) is 3.14. The minimum absolute atomic E-state index is 0.0731. The summed E-state index contributed by atoms with van der Waals surface area (Å²) in [5, 5.41) is 2.78. The molecule has 3 rings (SSSR count). The Morgan fingerprint density at radius 3 is 2.32 bits per heavy atom. The molecular weight excluding hydrogens is 357 g/mol. The van der Waals surface area contributed by atoms with Crippen LogP contribution in [0.5, 0.6) is 0 Å². The molecule has 0 aliphatic carbocycles. The molecule has 3 N–H and O–H groups in total. The standard InChI is InChI=1S/C21H26FN5O/c1-2-24-20(28)17-5-3-16(4-6-17)15-25-21(23)27-13-11-26(12-14-27)19-9-7-18(22)8-10-19/h3-10H,2,11-15H2,1H3,(H2,23,25)(H,24,28). The van der Waals surface area contributed by atoms with Crippen LogP contribution in [0.4, 0.5) is 10.1 Å². The molecule has 148 valence electrons. The minimum atomic E-state index is -0.224. The maximum absolute atomic E-state index is 13.1. The Morgan fingerprint density at radius 2 is 1.71 bits per heavy atom. The van der Waals surface area contributed by atoms with E-state index in [-0.39, 0.29) is 11.7 Å². The number of nitrogens with one attached hydrogen (secondary N) is 1. The smallest absolute Gasteiger partial charge is 0.251 e. The van der Waals surface area contributed by atoms with Gasteiger partial charge < -0.3 is 20.9 Å². The average Bonchev–Trinajstić information content (AvgIpc) is 2.73. The van der Waals surface area contributed by atoms with Gasteiger partial charge in [-0.2, -0.15) is 0 Å². The molecule has 0 bridgehead atoms. The third-order valence-corrected chi connectivity index (χ3v) is 4.77. The van der Waals surface area contributed by atoms with Crippen molar-refractivity contribution >= 4 is 17.6 Å². The van der Waals surface area contributed by atoms with E-state index in [9.17, 15) is 9.18 Å². The summed E-state index contributed by atoms with van der Waals surface area (Å²) >= 11 is 0. The first-order chi connectivity index (χ1) is 13.6. The maximum atomic E-state index is 13.1. The van der Waals surface area contributed by atoms with Crippen molar-refractivity contribution in [2.45, 2.75) is 13.5 Å². The Labute approximate surface area is 164 Å². The Hall–Kier alpha value is -3.09. The van der Waals surface area contributed by atoms with Crippen LogP contribution < -0.4 is 16.0 Å². The number of amides is 1. The molecule has 0 radical (unpaired) electrons. The van der Waals surface area contributed by atoms with Gasteiger partial charge in [0.15, 0.2) is 5.96 Å². The number of carbonyl (C=O) groups excluding carboxylic acids is 1. The molecule has 0 aromatic heterocycles. The normalized spacial score (nSPS) is 14.9. The number of guanidine groups is 1. The molecule has 0 atom stereocenters. The highest BCUT2D eigenvalue weighted by Crippen LogP contribution is 2.17. The lowest BCUT2D eigenvalue weighted by Crippen LogP contribution is -2.51. The van der Waals surface area contributed by atoms with Gasteiger partial charge in [-0.05, 0) is 48.9 Å². The van der Waals surface area contributed by atoms with Crippen LogP contribution in [-0.4, -0.2) is 49.5 Å². The van der Waals surface area contributed by atoms with E-state index >= 15 is 0 Å². The molecule has 1 aliphatic heterocycles. The van der Waals surface area contributed by atoms with E-state index in [1.807, 2.05) is 19.1 Å². The summed E-state index contributed by atoms with van der Waals surface area (Å²) in [4.78, 5) is 20.5. The zero-order valence-corrected chi connectivity index (χ0v) is 16.1. The first-order valence-corrected chi connectivity index (χ1v) is 9.49. The van der Waals surface area contributed by atoms with E-state index in [1.54, 1.807) is 24.3 Å². The third-order valence-electron chi connectivity index (χ3n) is 4.77. The van der Waals surface area contributed by atoms with Crippen LogP contribution in [0.3, 0.4) is 0 Å². The predicted molar refractivity (Wildman–Crippen MR) is 110 cm³/mol. The summed E-state index contributed by atoms with van der Waals surface area (Å²) < 4.78 is 13.1. The van der Waals surface area contributed by atoms with Crippen LogP contribution in [0.15, 0.2) is 53.5 Å². The number of halogens is 1. The van der Waals surface area contributed by atoms with E-state index in [2.05, 4.69) is 20.1 Å². The summed E-state index contributed by atoms with van der Waals surface area (Å²) in [6.45, 7) is 6.12. The van der Waals surface area contributed by atoms with Crippen molar-refractivity contribution in [2.75, 3.05) is 37.6 Å². The molecule has 7 heteroatoms. The van der Waals surface area contributed by atoms with Crippen molar-refractivity contribution in [3.63, 3.8) is 0 Å². The molecule has 28 heavy (non-hydrogen) atoms. The van der Waals surface area contributed by atoms with Crippen LogP contribution in [-0.2, 0) is 6.54 Å². The van der Waals surface area contributed by atoms with Crippen molar-refractivity contribution in [3.8, 4) is 0 Å². The number of nitrogens with two attached hydrogens (primary N) is 1. The molecule has 0 saturated carbocycles. The quantitative estimate of drug-likeness (QED) is 0.613. The molecule has 0 spiro atoms. The lowest BCUT2D eigenvalue weighted by molar-refractivity contribution is 0.0956. The van der Waals surface area contributed by atoms with E-state index < -0.39 is 0 Å². The first-order valence-electron chi connectivity index (χ1n) is 9.49. The molecule has 1 heterocycles. The Bertz CT molecular complexity index is 812. The minimum Gasteiger partial charge on any atom is -0.370 e. The molecule has 2 aromatic carbocycles. The fraction of sp³-hybridized carbons (Fsp3) is 0.333. The number of carbonyl (C=O) groups is 1. The molecule has 1 fully saturated rings. The summed E-state index contributed by atoms with van der Waals surface area (Å²) in [6, 6.07) is 14.0. The van der Waals surface area contributed by atoms with E-state index in [0.29, 0.717) is 24.6 Å². The van der Waals surface area contributed by atoms with E-state index in [1.165, 1.54) is 12.1 Å². The Kier molecular flexibility index (Phi) is 6.47. The van der Waals surface area contributed by atoms with Gasteiger partial charge in [0.25, 0.3) is 5.91 Å². The van der Waals surface area contributed by atoms with Crippen molar-refractivity contribution < 1.29 is 9.18 Å². The van der Waals surface area contributed by atoms with Crippen molar-refractivity contribution in [1.82, 2.24) is 10.2 Å². The van der Waals surface area contributed by atoms with Gasteiger partial charge in [0.2, 0.25) is 0 Å². The van der Waals surface area contributed by atoms with Gasteiger partial charge in [-0.3, -0.25) is 4.79 Å². The van der Waals surface area contributed by atoms with Crippen LogP contribution in [0.2, 0.25) is 0 Å². The van der Waals surface area contributed by atoms with Crippen molar-refractivity contribution in [2.24, 2.45) is 10.7 Å². The second-order valence-corrected chi connectivity index (χ2v) is 6.68.